The van der Waals surface area contributed by atoms with E-state index in [4.69, 9.17) is 0 Å². The highest BCUT2D eigenvalue weighted by molar-refractivity contribution is 5.48. The van der Waals surface area contributed by atoms with Gasteiger partial charge in [0.15, 0.2) is 0 Å². The molecule has 1 aromatic heterocycles. The molecular formula is C14H24N4. The first-order valence-electron chi connectivity index (χ1n) is 7.20. The Bertz CT molecular complexity index is 372. The summed E-state index contributed by atoms with van der Waals surface area (Å²) in [5.74, 6) is 2.84. The fourth-order valence-corrected chi connectivity index (χ4v) is 2.35. The van der Waals surface area contributed by atoms with Crippen LogP contribution < -0.4 is 10.6 Å². The molecule has 1 saturated carbocycles. The van der Waals surface area contributed by atoms with Crippen LogP contribution in [0, 0.1) is 0 Å². The van der Waals surface area contributed by atoms with Crippen LogP contribution in [0.2, 0.25) is 0 Å². The minimum Gasteiger partial charge on any atom is -0.370 e. The molecule has 4 heteroatoms. The molecule has 1 aliphatic rings. The Morgan fingerprint density at radius 3 is 2.56 bits per heavy atom. The molecule has 0 spiro atoms. The van der Waals surface area contributed by atoms with Crippen LogP contribution in [0.15, 0.2) is 6.07 Å². The van der Waals surface area contributed by atoms with Crippen LogP contribution in [0.1, 0.15) is 51.8 Å². The van der Waals surface area contributed by atoms with Gasteiger partial charge in [0.25, 0.3) is 0 Å². The van der Waals surface area contributed by atoms with E-state index in [0.717, 1.165) is 36.8 Å². The lowest BCUT2D eigenvalue weighted by atomic mass is 10.2. The molecule has 2 N–H and O–H groups in total. The summed E-state index contributed by atoms with van der Waals surface area (Å²) < 4.78 is 0. The van der Waals surface area contributed by atoms with E-state index in [1.54, 1.807) is 0 Å². The fraction of sp³-hybridized carbons (Fsp3) is 0.714. The molecule has 0 aliphatic heterocycles. The Hall–Kier alpha value is -1.32. The van der Waals surface area contributed by atoms with Gasteiger partial charge >= 0.3 is 0 Å². The Morgan fingerprint density at radius 1 is 1.17 bits per heavy atom. The highest BCUT2D eigenvalue weighted by Gasteiger charge is 2.15. The van der Waals surface area contributed by atoms with Gasteiger partial charge in [-0.15, -0.1) is 0 Å². The zero-order valence-electron chi connectivity index (χ0n) is 11.5. The smallest absolute Gasteiger partial charge is 0.132 e. The summed E-state index contributed by atoms with van der Waals surface area (Å²) >= 11 is 0. The second-order valence-electron chi connectivity index (χ2n) is 4.96. The van der Waals surface area contributed by atoms with Gasteiger partial charge in [0.05, 0.1) is 0 Å². The number of anilines is 2. The fourth-order valence-electron chi connectivity index (χ4n) is 2.35. The topological polar surface area (TPSA) is 49.8 Å². The number of aromatic nitrogens is 2. The molecule has 100 valence electrons. The van der Waals surface area contributed by atoms with E-state index in [1.807, 2.05) is 6.07 Å². The third-order valence-electron chi connectivity index (χ3n) is 3.35. The van der Waals surface area contributed by atoms with Gasteiger partial charge in [0, 0.05) is 25.1 Å². The lowest BCUT2D eigenvalue weighted by Crippen LogP contribution is -2.17. The molecule has 0 aromatic carbocycles. The van der Waals surface area contributed by atoms with Crippen LogP contribution in [0.3, 0.4) is 0 Å². The molecule has 0 saturated heterocycles. The highest BCUT2D eigenvalue weighted by atomic mass is 15.1. The number of aryl methyl sites for hydroxylation is 1. The molecule has 1 heterocycles. The van der Waals surface area contributed by atoms with Crippen molar-refractivity contribution in [3.05, 3.63) is 11.9 Å². The SMILES string of the molecule is CCCNc1cc(NC2CCCC2)nc(CC)n1. The van der Waals surface area contributed by atoms with Crippen LogP contribution >= 0.6 is 0 Å². The van der Waals surface area contributed by atoms with Gasteiger partial charge in [-0.1, -0.05) is 26.7 Å². The zero-order chi connectivity index (χ0) is 12.8. The van der Waals surface area contributed by atoms with E-state index < -0.39 is 0 Å². The molecule has 0 bridgehead atoms. The number of rotatable bonds is 6. The maximum atomic E-state index is 4.56. The van der Waals surface area contributed by atoms with Crippen molar-refractivity contribution in [1.29, 1.82) is 0 Å². The van der Waals surface area contributed by atoms with Crippen molar-refractivity contribution in [2.75, 3.05) is 17.2 Å². The predicted molar refractivity (Wildman–Crippen MR) is 76.1 cm³/mol. The van der Waals surface area contributed by atoms with Gasteiger partial charge in [-0.05, 0) is 19.3 Å². The minimum atomic E-state index is 0.601. The second kappa shape index (κ2) is 6.57. The summed E-state index contributed by atoms with van der Waals surface area (Å²) in [6, 6.07) is 2.64. The molecule has 18 heavy (non-hydrogen) atoms. The van der Waals surface area contributed by atoms with Gasteiger partial charge in [-0.3, -0.25) is 0 Å². The van der Waals surface area contributed by atoms with Gasteiger partial charge in [-0.25, -0.2) is 9.97 Å². The largest absolute Gasteiger partial charge is 0.370 e. The minimum absolute atomic E-state index is 0.601. The molecule has 2 rings (SSSR count). The lowest BCUT2D eigenvalue weighted by molar-refractivity contribution is 0.747. The Labute approximate surface area is 110 Å². The van der Waals surface area contributed by atoms with E-state index in [-0.39, 0.29) is 0 Å². The summed E-state index contributed by atoms with van der Waals surface area (Å²) in [4.78, 5) is 9.06. The summed E-state index contributed by atoms with van der Waals surface area (Å²) in [5, 5.41) is 6.88. The molecule has 1 aliphatic carbocycles. The maximum absolute atomic E-state index is 4.56. The molecule has 1 aromatic rings. The van der Waals surface area contributed by atoms with Crippen LogP contribution in [0.5, 0.6) is 0 Å². The maximum Gasteiger partial charge on any atom is 0.132 e. The summed E-state index contributed by atoms with van der Waals surface area (Å²) in [6.45, 7) is 5.22. The molecule has 0 atom stereocenters. The second-order valence-corrected chi connectivity index (χ2v) is 4.96. The van der Waals surface area contributed by atoms with E-state index >= 15 is 0 Å². The molecule has 4 nitrogen and oxygen atoms in total. The quantitative estimate of drug-likeness (QED) is 0.811. The van der Waals surface area contributed by atoms with Crippen LogP contribution in [0.4, 0.5) is 11.6 Å². The van der Waals surface area contributed by atoms with Gasteiger partial charge in [0.1, 0.15) is 17.5 Å². The first-order valence-corrected chi connectivity index (χ1v) is 7.20. The number of nitrogens with zero attached hydrogens (tertiary/aromatic N) is 2. The average molecular weight is 248 g/mol. The van der Waals surface area contributed by atoms with Crippen molar-refractivity contribution < 1.29 is 0 Å². The van der Waals surface area contributed by atoms with Crippen molar-refractivity contribution in [2.24, 2.45) is 0 Å². The van der Waals surface area contributed by atoms with E-state index in [2.05, 4.69) is 34.4 Å². The average Bonchev–Trinajstić information content (AvgIpc) is 2.89. The van der Waals surface area contributed by atoms with E-state index in [0.29, 0.717) is 6.04 Å². The van der Waals surface area contributed by atoms with Crippen LogP contribution in [-0.2, 0) is 6.42 Å². The number of hydrogen-bond donors (Lipinski definition) is 2. The third-order valence-corrected chi connectivity index (χ3v) is 3.35. The lowest BCUT2D eigenvalue weighted by Gasteiger charge is -2.14. The summed E-state index contributed by atoms with van der Waals surface area (Å²) in [7, 11) is 0. The predicted octanol–water partition coefficient (Wildman–Crippen LogP) is 3.22. The van der Waals surface area contributed by atoms with E-state index in [9.17, 15) is 0 Å². The van der Waals surface area contributed by atoms with Gasteiger partial charge in [0.2, 0.25) is 0 Å². The molecule has 1 fully saturated rings. The van der Waals surface area contributed by atoms with E-state index in [1.165, 1.54) is 25.7 Å². The Balaban J connectivity index is 2.06. The standard InChI is InChI=1S/C14H24N4/c1-3-9-15-13-10-14(18-12(4-2)17-13)16-11-7-5-6-8-11/h10-11H,3-9H2,1-2H3,(H2,15,16,17,18). The van der Waals surface area contributed by atoms with Crippen molar-refractivity contribution in [3.8, 4) is 0 Å². The van der Waals surface area contributed by atoms with Crippen molar-refractivity contribution >= 4 is 11.6 Å². The van der Waals surface area contributed by atoms with Crippen LogP contribution in [-0.4, -0.2) is 22.6 Å². The van der Waals surface area contributed by atoms with Gasteiger partial charge < -0.3 is 10.6 Å². The monoisotopic (exact) mass is 248 g/mol. The summed E-state index contributed by atoms with van der Waals surface area (Å²) in [6.07, 6.45) is 7.19. The number of nitrogens with one attached hydrogen (secondary N) is 2. The van der Waals surface area contributed by atoms with Crippen molar-refractivity contribution in [3.63, 3.8) is 0 Å². The molecular weight excluding hydrogens is 224 g/mol. The third kappa shape index (κ3) is 3.59. The normalized spacial score (nSPS) is 15.9. The Kier molecular flexibility index (Phi) is 4.79. The number of hydrogen-bond acceptors (Lipinski definition) is 4. The molecule has 0 unspecified atom stereocenters. The molecule has 0 amide bonds. The first-order chi connectivity index (χ1) is 8.81. The highest BCUT2D eigenvalue weighted by Crippen LogP contribution is 2.22. The Morgan fingerprint density at radius 2 is 1.89 bits per heavy atom. The van der Waals surface area contributed by atoms with Gasteiger partial charge in [-0.2, -0.15) is 0 Å². The molecule has 0 radical (unpaired) electrons. The zero-order valence-corrected chi connectivity index (χ0v) is 11.5. The van der Waals surface area contributed by atoms with Crippen molar-refractivity contribution in [1.82, 2.24) is 9.97 Å². The van der Waals surface area contributed by atoms with Crippen LogP contribution in [0.25, 0.3) is 0 Å². The summed E-state index contributed by atoms with van der Waals surface area (Å²) in [5.41, 5.74) is 0. The first kappa shape index (κ1) is 13.1. The van der Waals surface area contributed by atoms with Crippen molar-refractivity contribution in [2.45, 2.75) is 58.4 Å².